The molecule has 0 aliphatic carbocycles. The Bertz CT molecular complexity index is 308. The molecule has 1 heterocycles. The molecule has 0 unspecified atom stereocenters. The lowest BCUT2D eigenvalue weighted by atomic mass is 10.2. The van der Waals surface area contributed by atoms with Crippen LogP contribution >= 0.6 is 11.6 Å². The van der Waals surface area contributed by atoms with Gasteiger partial charge in [0.2, 0.25) is 5.95 Å². The summed E-state index contributed by atoms with van der Waals surface area (Å²) in [5, 5.41) is 0. The van der Waals surface area contributed by atoms with E-state index in [4.69, 9.17) is 11.6 Å². The predicted molar refractivity (Wildman–Crippen MR) is 69.3 cm³/mol. The van der Waals surface area contributed by atoms with Gasteiger partial charge in [-0.1, -0.05) is 6.42 Å². The van der Waals surface area contributed by atoms with E-state index in [1.165, 1.54) is 6.42 Å². The summed E-state index contributed by atoms with van der Waals surface area (Å²) in [5.74, 6) is 1.58. The van der Waals surface area contributed by atoms with Gasteiger partial charge in [0.15, 0.2) is 0 Å². The lowest BCUT2D eigenvalue weighted by Gasteiger charge is -2.17. The summed E-state index contributed by atoms with van der Waals surface area (Å²) >= 11 is 5.64. The van der Waals surface area contributed by atoms with Gasteiger partial charge >= 0.3 is 0 Å². The number of hydrogen-bond donors (Lipinski definition) is 0. The second-order valence-corrected chi connectivity index (χ2v) is 4.50. The van der Waals surface area contributed by atoms with E-state index < -0.39 is 0 Å². The van der Waals surface area contributed by atoms with E-state index in [0.29, 0.717) is 0 Å². The first-order valence-corrected chi connectivity index (χ1v) is 6.26. The molecule has 0 bridgehead atoms. The van der Waals surface area contributed by atoms with E-state index >= 15 is 0 Å². The Morgan fingerprint density at radius 2 is 1.75 bits per heavy atom. The van der Waals surface area contributed by atoms with Crippen molar-refractivity contribution in [3.8, 4) is 0 Å². The zero-order valence-electron chi connectivity index (χ0n) is 10.3. The van der Waals surface area contributed by atoms with E-state index in [1.54, 1.807) is 0 Å². The number of aryl methyl sites for hydroxylation is 2. The van der Waals surface area contributed by atoms with Crippen LogP contribution in [0.3, 0.4) is 0 Å². The van der Waals surface area contributed by atoms with Crippen LogP contribution in [-0.4, -0.2) is 29.4 Å². The lowest BCUT2D eigenvalue weighted by molar-refractivity contribution is 0.697. The molecule has 0 spiro atoms. The summed E-state index contributed by atoms with van der Waals surface area (Å²) in [5.41, 5.74) is 2.05. The summed E-state index contributed by atoms with van der Waals surface area (Å²) in [7, 11) is 2.04. The maximum absolute atomic E-state index is 5.64. The molecule has 16 heavy (non-hydrogen) atoms. The first-order valence-electron chi connectivity index (χ1n) is 5.73. The third-order valence-electron chi connectivity index (χ3n) is 2.44. The van der Waals surface area contributed by atoms with Crippen LogP contribution in [0.2, 0.25) is 0 Å². The molecule has 1 aromatic heterocycles. The number of hydrogen-bond acceptors (Lipinski definition) is 3. The third kappa shape index (κ3) is 4.35. The van der Waals surface area contributed by atoms with Crippen LogP contribution in [0.25, 0.3) is 0 Å². The minimum absolute atomic E-state index is 0.754. The highest BCUT2D eigenvalue weighted by molar-refractivity contribution is 6.17. The summed E-state index contributed by atoms with van der Waals surface area (Å²) in [6.45, 7) is 4.98. The molecule has 0 aromatic carbocycles. The standard InChI is InChI=1S/C12H20ClN3/c1-10-9-11(2)15-12(14-10)16(3)8-6-4-5-7-13/h9H,4-8H2,1-3H3. The summed E-state index contributed by atoms with van der Waals surface area (Å²) in [6.07, 6.45) is 3.39. The van der Waals surface area contributed by atoms with Crippen LogP contribution in [0.4, 0.5) is 5.95 Å². The van der Waals surface area contributed by atoms with Crippen molar-refractivity contribution < 1.29 is 0 Å². The minimum atomic E-state index is 0.754. The molecule has 0 aliphatic rings. The van der Waals surface area contributed by atoms with Gasteiger partial charge in [-0.05, 0) is 32.8 Å². The van der Waals surface area contributed by atoms with Crippen molar-refractivity contribution in [1.29, 1.82) is 0 Å². The number of aromatic nitrogens is 2. The number of alkyl halides is 1. The van der Waals surface area contributed by atoms with E-state index in [0.717, 1.165) is 42.6 Å². The average Bonchev–Trinajstić information content (AvgIpc) is 2.22. The smallest absolute Gasteiger partial charge is 0.225 e. The SMILES string of the molecule is Cc1cc(C)nc(N(C)CCCCCCl)n1. The number of nitrogens with zero attached hydrogens (tertiary/aromatic N) is 3. The van der Waals surface area contributed by atoms with Gasteiger partial charge in [0.25, 0.3) is 0 Å². The fraction of sp³-hybridized carbons (Fsp3) is 0.667. The minimum Gasteiger partial charge on any atom is -0.344 e. The summed E-state index contributed by atoms with van der Waals surface area (Å²) in [6, 6.07) is 1.99. The topological polar surface area (TPSA) is 29.0 Å². The summed E-state index contributed by atoms with van der Waals surface area (Å²) < 4.78 is 0. The maximum Gasteiger partial charge on any atom is 0.225 e. The van der Waals surface area contributed by atoms with Gasteiger partial charge in [0.05, 0.1) is 0 Å². The molecule has 0 amide bonds. The molecular formula is C12H20ClN3. The van der Waals surface area contributed by atoms with E-state index in [2.05, 4.69) is 14.9 Å². The first-order chi connectivity index (χ1) is 7.63. The van der Waals surface area contributed by atoms with Crippen molar-refractivity contribution in [1.82, 2.24) is 9.97 Å². The molecule has 3 nitrogen and oxygen atoms in total. The zero-order valence-corrected chi connectivity index (χ0v) is 11.1. The fourth-order valence-corrected chi connectivity index (χ4v) is 1.79. The summed E-state index contributed by atoms with van der Waals surface area (Å²) in [4.78, 5) is 10.9. The average molecular weight is 242 g/mol. The van der Waals surface area contributed by atoms with Gasteiger partial charge in [-0.3, -0.25) is 0 Å². The molecule has 0 saturated carbocycles. The first kappa shape index (κ1) is 13.2. The normalized spacial score (nSPS) is 10.5. The van der Waals surface area contributed by atoms with Gasteiger partial charge < -0.3 is 4.90 Å². The highest BCUT2D eigenvalue weighted by atomic mass is 35.5. The van der Waals surface area contributed by atoms with Crippen molar-refractivity contribution in [2.75, 3.05) is 24.4 Å². The second kappa shape index (κ2) is 6.69. The monoisotopic (exact) mass is 241 g/mol. The van der Waals surface area contributed by atoms with Crippen LogP contribution in [0.1, 0.15) is 30.7 Å². The molecule has 90 valence electrons. The molecule has 0 atom stereocenters. The van der Waals surface area contributed by atoms with Gasteiger partial charge in [0.1, 0.15) is 0 Å². The lowest BCUT2D eigenvalue weighted by Crippen LogP contribution is -2.21. The molecule has 0 radical (unpaired) electrons. The van der Waals surface area contributed by atoms with Crippen LogP contribution in [0.15, 0.2) is 6.07 Å². The maximum atomic E-state index is 5.64. The Morgan fingerprint density at radius 3 is 2.31 bits per heavy atom. The molecule has 4 heteroatoms. The number of unbranched alkanes of at least 4 members (excludes halogenated alkanes) is 2. The van der Waals surface area contributed by atoms with Crippen LogP contribution in [-0.2, 0) is 0 Å². The number of rotatable bonds is 6. The van der Waals surface area contributed by atoms with Gasteiger partial charge in [-0.15, -0.1) is 11.6 Å². The van der Waals surface area contributed by atoms with Crippen molar-refractivity contribution in [2.24, 2.45) is 0 Å². The van der Waals surface area contributed by atoms with Crippen molar-refractivity contribution in [2.45, 2.75) is 33.1 Å². The second-order valence-electron chi connectivity index (χ2n) is 4.12. The molecule has 1 rings (SSSR count). The highest BCUT2D eigenvalue weighted by Gasteiger charge is 2.05. The fourth-order valence-electron chi connectivity index (χ4n) is 1.60. The molecule has 0 fully saturated rings. The van der Waals surface area contributed by atoms with Crippen molar-refractivity contribution >= 4 is 17.5 Å². The molecular weight excluding hydrogens is 222 g/mol. The highest BCUT2D eigenvalue weighted by Crippen LogP contribution is 2.09. The zero-order chi connectivity index (χ0) is 12.0. The molecule has 0 N–H and O–H groups in total. The Kier molecular flexibility index (Phi) is 5.53. The third-order valence-corrected chi connectivity index (χ3v) is 2.71. The Hall–Kier alpha value is -0.830. The Labute approximate surface area is 103 Å². The predicted octanol–water partition coefficient (Wildman–Crippen LogP) is 2.94. The van der Waals surface area contributed by atoms with Crippen LogP contribution in [0, 0.1) is 13.8 Å². The van der Waals surface area contributed by atoms with E-state index in [-0.39, 0.29) is 0 Å². The van der Waals surface area contributed by atoms with E-state index in [9.17, 15) is 0 Å². The Balaban J connectivity index is 2.48. The van der Waals surface area contributed by atoms with Crippen LogP contribution < -0.4 is 4.90 Å². The number of anilines is 1. The van der Waals surface area contributed by atoms with Gasteiger partial charge in [0, 0.05) is 30.9 Å². The van der Waals surface area contributed by atoms with Gasteiger partial charge in [-0.2, -0.15) is 0 Å². The largest absolute Gasteiger partial charge is 0.344 e. The van der Waals surface area contributed by atoms with Gasteiger partial charge in [-0.25, -0.2) is 9.97 Å². The number of halogens is 1. The molecule has 0 aliphatic heterocycles. The van der Waals surface area contributed by atoms with E-state index in [1.807, 2.05) is 27.0 Å². The van der Waals surface area contributed by atoms with Crippen molar-refractivity contribution in [3.05, 3.63) is 17.5 Å². The van der Waals surface area contributed by atoms with Crippen LogP contribution in [0.5, 0.6) is 0 Å². The molecule has 0 saturated heterocycles. The van der Waals surface area contributed by atoms with Crippen molar-refractivity contribution in [3.63, 3.8) is 0 Å². The molecule has 1 aromatic rings. The Morgan fingerprint density at radius 1 is 1.12 bits per heavy atom. The quantitative estimate of drug-likeness (QED) is 0.567.